The van der Waals surface area contributed by atoms with Gasteiger partial charge in [0.25, 0.3) is 5.91 Å². The van der Waals surface area contributed by atoms with Crippen molar-refractivity contribution in [3.05, 3.63) is 89.5 Å². The monoisotopic (exact) mass is 458 g/mol. The summed E-state index contributed by atoms with van der Waals surface area (Å²) in [4.78, 5) is 37.6. The highest BCUT2D eigenvalue weighted by molar-refractivity contribution is 5.97. The van der Waals surface area contributed by atoms with Crippen LogP contribution in [0.3, 0.4) is 0 Å². The lowest BCUT2D eigenvalue weighted by Crippen LogP contribution is -2.43. The topological polar surface area (TPSA) is 95.9 Å². The summed E-state index contributed by atoms with van der Waals surface area (Å²) in [5, 5.41) is 11.9. The van der Waals surface area contributed by atoms with Gasteiger partial charge in [-0.1, -0.05) is 48.5 Å². The van der Waals surface area contributed by atoms with E-state index in [1.807, 2.05) is 24.3 Å². The first-order valence-corrected chi connectivity index (χ1v) is 11.2. The van der Waals surface area contributed by atoms with Crippen LogP contribution in [0, 0.1) is 0 Å². The van der Waals surface area contributed by atoms with Gasteiger partial charge in [-0.2, -0.15) is 0 Å². The summed E-state index contributed by atoms with van der Waals surface area (Å²) < 4.78 is 5.54. The molecule has 3 aromatic carbocycles. The van der Waals surface area contributed by atoms with E-state index in [1.165, 1.54) is 11.8 Å². The Balaban J connectivity index is 1.39. The predicted molar refractivity (Wildman–Crippen MR) is 129 cm³/mol. The first kappa shape index (κ1) is 23.0. The molecule has 0 aliphatic heterocycles. The van der Waals surface area contributed by atoms with Crippen molar-refractivity contribution in [2.24, 2.45) is 0 Å². The Bertz CT molecular complexity index is 1180. The van der Waals surface area contributed by atoms with Crippen LogP contribution in [0.5, 0.6) is 0 Å². The molecule has 1 aliphatic carbocycles. The summed E-state index contributed by atoms with van der Waals surface area (Å²) in [6.07, 6.45) is -0.587. The van der Waals surface area contributed by atoms with Crippen LogP contribution in [0.25, 0.3) is 11.1 Å². The van der Waals surface area contributed by atoms with Crippen LogP contribution >= 0.6 is 0 Å². The Morgan fingerprint density at radius 2 is 1.50 bits per heavy atom. The van der Waals surface area contributed by atoms with E-state index in [0.29, 0.717) is 11.3 Å². The third-order valence-corrected chi connectivity index (χ3v) is 6.15. The van der Waals surface area contributed by atoms with Crippen molar-refractivity contribution in [2.75, 3.05) is 18.5 Å². The summed E-state index contributed by atoms with van der Waals surface area (Å²) in [5.41, 5.74) is 5.40. The highest BCUT2D eigenvalue weighted by Gasteiger charge is 2.29. The van der Waals surface area contributed by atoms with Gasteiger partial charge in [-0.05, 0) is 60.4 Å². The lowest BCUT2D eigenvalue weighted by Gasteiger charge is -2.25. The number of carbonyl (C=O) groups excluding carboxylic acids is 2. The maximum Gasteiger partial charge on any atom is 0.411 e. The fourth-order valence-electron chi connectivity index (χ4n) is 4.34. The van der Waals surface area contributed by atoms with E-state index in [2.05, 4.69) is 29.6 Å². The smallest absolute Gasteiger partial charge is 0.411 e. The molecule has 3 aromatic rings. The molecular formula is C27H26N2O5. The van der Waals surface area contributed by atoms with Gasteiger partial charge in [0, 0.05) is 23.7 Å². The molecule has 4 rings (SSSR count). The average molecular weight is 459 g/mol. The van der Waals surface area contributed by atoms with E-state index in [1.54, 1.807) is 31.2 Å². The molecule has 1 atom stereocenters. The summed E-state index contributed by atoms with van der Waals surface area (Å²) in [6, 6.07) is 21.6. The largest absolute Gasteiger partial charge is 0.480 e. The lowest BCUT2D eigenvalue weighted by atomic mass is 9.98. The molecule has 0 heterocycles. The van der Waals surface area contributed by atoms with Crippen molar-refractivity contribution in [1.29, 1.82) is 0 Å². The van der Waals surface area contributed by atoms with Crippen LogP contribution in [-0.2, 0) is 9.53 Å². The fraction of sp³-hybridized carbons (Fsp3) is 0.222. The molecular weight excluding hydrogens is 432 g/mol. The number of ether oxygens (including phenoxy) is 1. The van der Waals surface area contributed by atoms with Gasteiger partial charge in [0.2, 0.25) is 0 Å². The van der Waals surface area contributed by atoms with E-state index in [9.17, 15) is 19.5 Å². The van der Waals surface area contributed by atoms with Gasteiger partial charge < -0.3 is 14.7 Å². The van der Waals surface area contributed by atoms with Crippen molar-refractivity contribution in [3.8, 4) is 11.1 Å². The number of hydrogen-bond donors (Lipinski definition) is 2. The van der Waals surface area contributed by atoms with Crippen molar-refractivity contribution >= 4 is 23.7 Å². The minimum absolute atomic E-state index is 0.0330. The Hall–Kier alpha value is -4.13. The molecule has 0 radical (unpaired) electrons. The second-order valence-electron chi connectivity index (χ2n) is 8.13. The van der Waals surface area contributed by atoms with Crippen molar-refractivity contribution in [2.45, 2.75) is 25.8 Å². The number of carbonyl (C=O) groups is 3. The van der Waals surface area contributed by atoms with Crippen LogP contribution in [0.15, 0.2) is 72.8 Å². The number of anilines is 1. The molecule has 0 saturated carbocycles. The van der Waals surface area contributed by atoms with E-state index in [0.717, 1.165) is 22.3 Å². The summed E-state index contributed by atoms with van der Waals surface area (Å²) in [6.45, 7) is 3.67. The molecule has 0 saturated heterocycles. The second kappa shape index (κ2) is 9.79. The van der Waals surface area contributed by atoms with E-state index < -0.39 is 18.1 Å². The molecule has 2 amide bonds. The number of benzene rings is 3. The first-order chi connectivity index (χ1) is 16.4. The Labute approximate surface area is 198 Å². The number of carboxylic acids is 1. The number of likely N-dealkylation sites (N-methyl/N-ethyl adjacent to an activating group) is 1. The number of nitrogens with one attached hydrogen (secondary N) is 1. The third-order valence-electron chi connectivity index (χ3n) is 6.15. The van der Waals surface area contributed by atoms with Gasteiger partial charge in [0.1, 0.15) is 12.6 Å². The molecule has 2 N–H and O–H groups in total. The number of fused-ring (bicyclic) bond motifs is 3. The molecule has 34 heavy (non-hydrogen) atoms. The van der Waals surface area contributed by atoms with Gasteiger partial charge >= 0.3 is 12.1 Å². The second-order valence-corrected chi connectivity index (χ2v) is 8.13. The number of aliphatic carboxylic acids is 1. The standard InChI is InChI=1S/C27H26N2O5/c1-3-29(17(2)26(31)32)25(30)18-12-14-19(15-13-18)28-27(33)34-16-24-22-10-6-4-8-20(22)21-9-5-7-11-23(21)24/h4-15,17,24H,3,16H2,1-2H3,(H,28,33)(H,31,32). The predicted octanol–water partition coefficient (Wildman–Crippen LogP) is 4.98. The number of hydrogen-bond acceptors (Lipinski definition) is 4. The minimum Gasteiger partial charge on any atom is -0.480 e. The summed E-state index contributed by atoms with van der Waals surface area (Å²) >= 11 is 0. The van der Waals surface area contributed by atoms with E-state index in [-0.39, 0.29) is 25.0 Å². The summed E-state index contributed by atoms with van der Waals surface area (Å²) in [5.74, 6) is -1.48. The number of rotatable bonds is 7. The molecule has 0 bridgehead atoms. The van der Waals surface area contributed by atoms with Gasteiger partial charge in [-0.3, -0.25) is 10.1 Å². The molecule has 1 aliphatic rings. The maximum absolute atomic E-state index is 12.7. The molecule has 174 valence electrons. The Morgan fingerprint density at radius 3 is 2.03 bits per heavy atom. The normalized spacial score (nSPS) is 12.9. The van der Waals surface area contributed by atoms with Crippen LogP contribution in [0.4, 0.5) is 10.5 Å². The highest BCUT2D eigenvalue weighted by Crippen LogP contribution is 2.44. The molecule has 0 spiro atoms. The van der Waals surface area contributed by atoms with Crippen molar-refractivity contribution in [3.63, 3.8) is 0 Å². The van der Waals surface area contributed by atoms with Crippen LogP contribution < -0.4 is 5.32 Å². The quantitative estimate of drug-likeness (QED) is 0.520. The highest BCUT2D eigenvalue weighted by atomic mass is 16.5. The minimum atomic E-state index is -1.07. The van der Waals surface area contributed by atoms with Crippen molar-refractivity contribution in [1.82, 2.24) is 4.90 Å². The van der Waals surface area contributed by atoms with Gasteiger partial charge in [0.05, 0.1) is 0 Å². The molecule has 7 heteroatoms. The van der Waals surface area contributed by atoms with Crippen LogP contribution in [-0.4, -0.2) is 47.2 Å². The third kappa shape index (κ3) is 4.50. The molecule has 0 fully saturated rings. The van der Waals surface area contributed by atoms with Gasteiger partial charge in [-0.25, -0.2) is 9.59 Å². The first-order valence-electron chi connectivity index (χ1n) is 11.2. The zero-order valence-electron chi connectivity index (χ0n) is 19.0. The SMILES string of the molecule is CCN(C(=O)c1ccc(NC(=O)OCC2c3ccccc3-c3ccccc32)cc1)C(C)C(=O)O. The van der Waals surface area contributed by atoms with Crippen LogP contribution in [0.1, 0.15) is 41.3 Å². The summed E-state index contributed by atoms with van der Waals surface area (Å²) in [7, 11) is 0. The lowest BCUT2D eigenvalue weighted by molar-refractivity contribution is -0.141. The molecule has 0 aromatic heterocycles. The zero-order valence-corrected chi connectivity index (χ0v) is 19.0. The van der Waals surface area contributed by atoms with Gasteiger partial charge in [0.15, 0.2) is 0 Å². The number of nitrogens with zero attached hydrogens (tertiary/aromatic N) is 1. The zero-order chi connectivity index (χ0) is 24.2. The van der Waals surface area contributed by atoms with Gasteiger partial charge in [-0.15, -0.1) is 0 Å². The average Bonchev–Trinajstić information content (AvgIpc) is 3.17. The van der Waals surface area contributed by atoms with E-state index in [4.69, 9.17) is 4.74 Å². The maximum atomic E-state index is 12.7. The molecule has 7 nitrogen and oxygen atoms in total. The fourth-order valence-corrected chi connectivity index (χ4v) is 4.34. The Morgan fingerprint density at radius 1 is 0.941 bits per heavy atom. The van der Waals surface area contributed by atoms with Crippen LogP contribution in [0.2, 0.25) is 0 Å². The van der Waals surface area contributed by atoms with E-state index >= 15 is 0 Å². The number of amides is 2. The van der Waals surface area contributed by atoms with Crippen molar-refractivity contribution < 1.29 is 24.2 Å². The number of carboxylic acid groups (broad SMARTS) is 1. The Kier molecular flexibility index (Phi) is 6.63. The molecule has 1 unspecified atom stereocenters.